The van der Waals surface area contributed by atoms with Gasteiger partial charge in [-0.1, -0.05) is 38.1 Å². The second kappa shape index (κ2) is 6.80. The number of carboxylic acids is 1. The molecule has 1 aliphatic heterocycles. The average molecular weight is 373 g/mol. The van der Waals surface area contributed by atoms with Crippen molar-refractivity contribution in [3.8, 4) is 0 Å². The molecule has 0 amide bonds. The number of nitrogens with two attached hydrogens (primary N) is 1. The minimum atomic E-state index is -0.888. The lowest BCUT2D eigenvalue weighted by atomic mass is 9.79. The van der Waals surface area contributed by atoms with E-state index in [9.17, 15) is 9.90 Å². The predicted molar refractivity (Wildman–Crippen MR) is 113 cm³/mol. The van der Waals surface area contributed by atoms with Crippen LogP contribution in [0.3, 0.4) is 0 Å². The summed E-state index contributed by atoms with van der Waals surface area (Å²) in [5.41, 5.74) is 5.90. The van der Waals surface area contributed by atoms with Crippen LogP contribution in [-0.4, -0.2) is 15.6 Å². The standard InChI is InChI=1S/C24H24N2O2/c1-24(2)12-10-16(19-15-26(3)22-7-5-4-6-18(19)22)11-13-25-21-9-8-17(23(27)28)14-20(21)24/h4-11,13-15,25H,12H2,1-3H3,(H,27,28)/p+1. The molecule has 4 nitrogen and oxygen atoms in total. The van der Waals surface area contributed by atoms with E-state index in [1.165, 1.54) is 22.0 Å². The summed E-state index contributed by atoms with van der Waals surface area (Å²) in [4.78, 5) is 11.4. The Balaban J connectivity index is 1.81. The van der Waals surface area contributed by atoms with Crippen LogP contribution in [0.25, 0.3) is 16.5 Å². The van der Waals surface area contributed by atoms with Gasteiger partial charge in [-0.05, 0) is 41.7 Å². The third-order valence-corrected chi connectivity index (χ3v) is 5.62. The molecule has 3 aromatic rings. The summed E-state index contributed by atoms with van der Waals surface area (Å²) in [6.45, 7) is 4.35. The highest BCUT2D eigenvalue weighted by atomic mass is 16.4. The summed E-state index contributed by atoms with van der Waals surface area (Å²) in [7, 11) is 2.07. The van der Waals surface area contributed by atoms with E-state index in [0.29, 0.717) is 5.56 Å². The number of quaternary nitrogens is 1. The van der Waals surface area contributed by atoms with Crippen LogP contribution in [0.1, 0.15) is 41.8 Å². The normalized spacial score (nSPS) is 16.0. The molecule has 3 N–H and O–H groups in total. The van der Waals surface area contributed by atoms with E-state index in [1.54, 1.807) is 6.07 Å². The monoisotopic (exact) mass is 373 g/mol. The maximum Gasteiger partial charge on any atom is 0.335 e. The van der Waals surface area contributed by atoms with Gasteiger partial charge < -0.3 is 9.67 Å². The van der Waals surface area contributed by atoms with Gasteiger partial charge in [-0.25, -0.2) is 4.79 Å². The topological polar surface area (TPSA) is 58.8 Å². The number of fused-ring (bicyclic) bond motifs is 2. The van der Waals surface area contributed by atoms with Crippen molar-refractivity contribution in [1.29, 1.82) is 0 Å². The Labute approximate surface area is 164 Å². The van der Waals surface area contributed by atoms with E-state index < -0.39 is 5.97 Å². The zero-order valence-corrected chi connectivity index (χ0v) is 16.4. The number of aromatic carboxylic acids is 1. The van der Waals surface area contributed by atoms with Crippen LogP contribution in [0, 0.1) is 0 Å². The molecular weight excluding hydrogens is 348 g/mol. The number of nitrogens with zero attached hydrogens (tertiary/aromatic N) is 1. The van der Waals surface area contributed by atoms with Crippen molar-refractivity contribution in [2.24, 2.45) is 7.05 Å². The van der Waals surface area contributed by atoms with Crippen LogP contribution in [0.5, 0.6) is 0 Å². The van der Waals surface area contributed by atoms with Crippen molar-refractivity contribution < 1.29 is 15.2 Å². The highest BCUT2D eigenvalue weighted by Crippen LogP contribution is 2.35. The number of aryl methyl sites for hydroxylation is 1. The smallest absolute Gasteiger partial charge is 0.335 e. The molecule has 0 spiro atoms. The first-order valence-electron chi connectivity index (χ1n) is 9.51. The summed E-state index contributed by atoms with van der Waals surface area (Å²) in [6, 6.07) is 13.8. The largest absolute Gasteiger partial charge is 0.478 e. The molecule has 0 bridgehead atoms. The van der Waals surface area contributed by atoms with Crippen molar-refractivity contribution in [1.82, 2.24) is 4.57 Å². The highest BCUT2D eigenvalue weighted by molar-refractivity contribution is 5.95. The number of para-hydroxylation sites is 1. The molecule has 0 saturated carbocycles. The molecule has 1 aliphatic rings. The zero-order valence-electron chi connectivity index (χ0n) is 16.4. The van der Waals surface area contributed by atoms with Gasteiger partial charge in [0.05, 0.1) is 11.8 Å². The lowest BCUT2D eigenvalue weighted by Crippen LogP contribution is -2.71. The number of benzene rings is 2. The molecule has 0 fully saturated rings. The molecule has 142 valence electrons. The Morgan fingerprint density at radius 2 is 1.96 bits per heavy atom. The Kier molecular flexibility index (Phi) is 4.44. The summed E-state index contributed by atoms with van der Waals surface area (Å²) in [5, 5.41) is 12.7. The number of aromatic nitrogens is 1. The molecular formula is C24H25N2O2+. The van der Waals surface area contributed by atoms with Crippen LogP contribution in [0.2, 0.25) is 0 Å². The number of carbonyl (C=O) groups is 1. The quantitative estimate of drug-likeness (QED) is 0.656. The van der Waals surface area contributed by atoms with Crippen LogP contribution in [0.15, 0.2) is 67.0 Å². The Morgan fingerprint density at radius 1 is 1.18 bits per heavy atom. The second-order valence-electron chi connectivity index (χ2n) is 8.05. The number of allylic oxidation sites excluding steroid dienone is 3. The molecule has 0 saturated heterocycles. The van der Waals surface area contributed by atoms with Gasteiger partial charge in [0.25, 0.3) is 0 Å². The van der Waals surface area contributed by atoms with Gasteiger partial charge in [-0.2, -0.15) is 0 Å². The summed E-state index contributed by atoms with van der Waals surface area (Å²) in [6.07, 6.45) is 9.49. The Bertz CT molecular complexity index is 1130. The number of carboxylic acid groups (broad SMARTS) is 1. The van der Waals surface area contributed by atoms with Gasteiger partial charge in [0.2, 0.25) is 0 Å². The molecule has 0 unspecified atom stereocenters. The van der Waals surface area contributed by atoms with Crippen LogP contribution < -0.4 is 5.32 Å². The maximum atomic E-state index is 11.4. The van der Waals surface area contributed by atoms with Gasteiger partial charge >= 0.3 is 5.97 Å². The van der Waals surface area contributed by atoms with Crippen molar-refractivity contribution in [2.45, 2.75) is 25.7 Å². The van der Waals surface area contributed by atoms with Gasteiger partial charge in [0, 0.05) is 41.3 Å². The van der Waals surface area contributed by atoms with E-state index >= 15 is 0 Å². The van der Waals surface area contributed by atoms with Gasteiger partial charge in [0.15, 0.2) is 0 Å². The van der Waals surface area contributed by atoms with E-state index in [2.05, 4.69) is 79.6 Å². The minimum Gasteiger partial charge on any atom is -0.478 e. The first-order valence-corrected chi connectivity index (χ1v) is 9.51. The third kappa shape index (κ3) is 3.16. The van der Waals surface area contributed by atoms with E-state index in [0.717, 1.165) is 17.7 Å². The number of hydrogen-bond donors (Lipinski definition) is 2. The first-order chi connectivity index (χ1) is 13.4. The fourth-order valence-corrected chi connectivity index (χ4v) is 3.99. The lowest BCUT2D eigenvalue weighted by Gasteiger charge is -2.25. The molecule has 4 heteroatoms. The van der Waals surface area contributed by atoms with Crippen LogP contribution in [0.4, 0.5) is 5.69 Å². The summed E-state index contributed by atoms with van der Waals surface area (Å²) >= 11 is 0. The zero-order chi connectivity index (χ0) is 19.9. The van der Waals surface area contributed by atoms with Crippen molar-refractivity contribution in [3.05, 3.63) is 83.7 Å². The van der Waals surface area contributed by atoms with E-state index in [4.69, 9.17) is 0 Å². The van der Waals surface area contributed by atoms with Crippen molar-refractivity contribution in [2.75, 3.05) is 0 Å². The van der Waals surface area contributed by atoms with Gasteiger partial charge in [-0.15, -0.1) is 0 Å². The fourth-order valence-electron chi connectivity index (χ4n) is 3.99. The third-order valence-electron chi connectivity index (χ3n) is 5.62. The van der Waals surface area contributed by atoms with E-state index in [1.807, 2.05) is 12.1 Å². The SMILES string of the molecule is Cn1cc(C2=CCC(C)(C)c3cc(C(=O)O)ccc3[NH2+]C=C2)c2ccccc21. The minimum absolute atomic E-state index is 0.181. The van der Waals surface area contributed by atoms with Crippen LogP contribution in [-0.2, 0) is 12.5 Å². The lowest BCUT2D eigenvalue weighted by molar-refractivity contribution is -0.497. The van der Waals surface area contributed by atoms with Gasteiger partial charge in [-0.3, -0.25) is 5.32 Å². The Hall–Kier alpha value is -3.11. The molecule has 28 heavy (non-hydrogen) atoms. The van der Waals surface area contributed by atoms with Gasteiger partial charge in [0.1, 0.15) is 5.69 Å². The summed E-state index contributed by atoms with van der Waals surface area (Å²) < 4.78 is 2.16. The molecule has 2 aromatic carbocycles. The average Bonchev–Trinajstić information content (AvgIpc) is 3.03. The number of hydrogen-bond acceptors (Lipinski definition) is 1. The van der Waals surface area contributed by atoms with Crippen LogP contribution >= 0.6 is 0 Å². The molecule has 1 aromatic heterocycles. The van der Waals surface area contributed by atoms with Crippen molar-refractivity contribution in [3.63, 3.8) is 0 Å². The molecule has 0 radical (unpaired) electrons. The maximum absolute atomic E-state index is 11.4. The predicted octanol–water partition coefficient (Wildman–Crippen LogP) is 4.35. The molecule has 0 atom stereocenters. The first kappa shape index (κ1) is 18.3. The Morgan fingerprint density at radius 3 is 2.75 bits per heavy atom. The highest BCUT2D eigenvalue weighted by Gasteiger charge is 2.27. The molecule has 4 rings (SSSR count). The second-order valence-corrected chi connectivity index (χ2v) is 8.05. The van der Waals surface area contributed by atoms with Crippen molar-refractivity contribution >= 4 is 28.1 Å². The fraction of sp³-hybridized carbons (Fsp3) is 0.208. The molecule has 2 heterocycles. The summed E-state index contributed by atoms with van der Waals surface area (Å²) in [5.74, 6) is -0.888. The molecule has 0 aliphatic carbocycles. The number of rotatable bonds is 2. The van der Waals surface area contributed by atoms with E-state index in [-0.39, 0.29) is 5.41 Å².